The molecule has 1 amide bonds. The van der Waals surface area contributed by atoms with Crippen molar-refractivity contribution in [3.8, 4) is 0 Å². The smallest absolute Gasteiger partial charge is 0.407 e. The second kappa shape index (κ2) is 6.01. The molecule has 0 saturated heterocycles. The minimum atomic E-state index is -0.361. The molecular formula is C8H16NO2. The fraction of sp³-hybridized carbons (Fsp3) is 0.750. The number of amides is 1. The van der Waals surface area contributed by atoms with Gasteiger partial charge in [-0.05, 0) is 12.3 Å². The van der Waals surface area contributed by atoms with E-state index in [-0.39, 0.29) is 6.09 Å². The Labute approximate surface area is 68.1 Å². The normalized spacial score (nSPS) is 9.82. The zero-order valence-corrected chi connectivity index (χ0v) is 7.39. The number of ether oxygens (including phenoxy) is 1. The van der Waals surface area contributed by atoms with Gasteiger partial charge in [-0.1, -0.05) is 20.8 Å². The third-order valence-electron chi connectivity index (χ3n) is 0.972. The highest BCUT2D eigenvalue weighted by Gasteiger charge is 2.01. The van der Waals surface area contributed by atoms with Crippen molar-refractivity contribution < 1.29 is 9.53 Å². The minimum Gasteiger partial charge on any atom is -0.449 e. The number of carbonyl (C=O) groups excluding carboxylic acids is 1. The van der Waals surface area contributed by atoms with Gasteiger partial charge < -0.3 is 10.1 Å². The van der Waals surface area contributed by atoms with Crippen LogP contribution in [0.4, 0.5) is 4.79 Å². The molecule has 3 heteroatoms. The first-order chi connectivity index (χ1) is 5.16. The van der Waals surface area contributed by atoms with Gasteiger partial charge in [-0.2, -0.15) is 0 Å². The van der Waals surface area contributed by atoms with Crippen molar-refractivity contribution >= 4 is 6.09 Å². The second-order valence-corrected chi connectivity index (χ2v) is 2.75. The quantitative estimate of drug-likeness (QED) is 0.679. The summed E-state index contributed by atoms with van der Waals surface area (Å²) in [7, 11) is 0. The topological polar surface area (TPSA) is 38.3 Å². The van der Waals surface area contributed by atoms with Gasteiger partial charge in [-0.15, -0.1) is 0 Å². The molecule has 0 fully saturated rings. The van der Waals surface area contributed by atoms with Crippen molar-refractivity contribution in [3.63, 3.8) is 0 Å². The molecule has 0 unspecified atom stereocenters. The predicted molar refractivity (Wildman–Crippen MR) is 43.9 cm³/mol. The standard InChI is InChI=1S/C8H16NO2/c1-4-5-9-8(10)11-6-7(2)3/h5,7H,4,6H2,1-3H3,(H,9,10). The molecule has 1 radical (unpaired) electrons. The third-order valence-corrected chi connectivity index (χ3v) is 0.972. The molecule has 0 aromatic carbocycles. The van der Waals surface area contributed by atoms with E-state index in [4.69, 9.17) is 4.74 Å². The Bertz CT molecular complexity index is 113. The first kappa shape index (κ1) is 10.3. The van der Waals surface area contributed by atoms with Gasteiger partial charge in [-0.3, -0.25) is 0 Å². The van der Waals surface area contributed by atoms with Crippen LogP contribution in [0.5, 0.6) is 0 Å². The van der Waals surface area contributed by atoms with E-state index >= 15 is 0 Å². The Hall–Kier alpha value is -0.730. The predicted octanol–water partition coefficient (Wildman–Crippen LogP) is 1.94. The Kier molecular flexibility index (Phi) is 5.61. The fourth-order valence-corrected chi connectivity index (χ4v) is 0.469. The largest absolute Gasteiger partial charge is 0.449 e. The van der Waals surface area contributed by atoms with Crippen LogP contribution in [0.25, 0.3) is 0 Å². The number of hydrogen-bond acceptors (Lipinski definition) is 2. The summed E-state index contributed by atoms with van der Waals surface area (Å²) < 4.78 is 4.82. The molecule has 0 rings (SSSR count). The van der Waals surface area contributed by atoms with Crippen LogP contribution < -0.4 is 5.32 Å². The molecule has 0 bridgehead atoms. The van der Waals surface area contributed by atoms with E-state index in [2.05, 4.69) is 5.32 Å². The summed E-state index contributed by atoms with van der Waals surface area (Å²) in [5, 5.41) is 2.50. The summed E-state index contributed by atoms with van der Waals surface area (Å²) in [5.41, 5.74) is 0. The summed E-state index contributed by atoms with van der Waals surface area (Å²) in [4.78, 5) is 10.7. The molecule has 0 spiro atoms. The maximum absolute atomic E-state index is 10.7. The van der Waals surface area contributed by atoms with E-state index < -0.39 is 0 Å². The number of alkyl carbamates (subject to hydrolysis) is 1. The molecule has 0 atom stereocenters. The maximum atomic E-state index is 10.7. The van der Waals surface area contributed by atoms with E-state index in [0.717, 1.165) is 6.42 Å². The Morgan fingerprint density at radius 2 is 2.27 bits per heavy atom. The molecule has 0 aliphatic heterocycles. The minimum absolute atomic E-state index is 0.361. The molecule has 65 valence electrons. The van der Waals surface area contributed by atoms with Crippen molar-refractivity contribution in [3.05, 3.63) is 6.54 Å². The van der Waals surface area contributed by atoms with Crippen LogP contribution in [-0.4, -0.2) is 12.7 Å². The molecule has 3 nitrogen and oxygen atoms in total. The summed E-state index contributed by atoms with van der Waals surface area (Å²) in [6.45, 7) is 8.09. The number of hydrogen-bond donors (Lipinski definition) is 1. The van der Waals surface area contributed by atoms with Crippen LogP contribution in [0.2, 0.25) is 0 Å². The van der Waals surface area contributed by atoms with Crippen molar-refractivity contribution in [2.24, 2.45) is 5.92 Å². The van der Waals surface area contributed by atoms with E-state index in [9.17, 15) is 4.79 Å². The molecule has 0 aliphatic rings. The van der Waals surface area contributed by atoms with E-state index in [0.29, 0.717) is 12.5 Å². The molecular weight excluding hydrogens is 142 g/mol. The Morgan fingerprint density at radius 1 is 1.64 bits per heavy atom. The molecule has 0 aliphatic carbocycles. The van der Waals surface area contributed by atoms with Crippen LogP contribution in [0.15, 0.2) is 0 Å². The SMILES string of the molecule is CC[CH]NC(=O)OCC(C)C. The van der Waals surface area contributed by atoms with Crippen LogP contribution in [-0.2, 0) is 4.74 Å². The molecule has 1 N–H and O–H groups in total. The van der Waals surface area contributed by atoms with Crippen LogP contribution in [0, 0.1) is 12.5 Å². The molecule has 11 heavy (non-hydrogen) atoms. The molecule has 0 saturated carbocycles. The number of nitrogens with one attached hydrogen (secondary N) is 1. The van der Waals surface area contributed by atoms with Crippen LogP contribution in [0.1, 0.15) is 27.2 Å². The van der Waals surface area contributed by atoms with Gasteiger partial charge in [-0.25, -0.2) is 4.79 Å². The fourth-order valence-electron chi connectivity index (χ4n) is 0.469. The highest BCUT2D eigenvalue weighted by molar-refractivity contribution is 5.67. The summed E-state index contributed by atoms with van der Waals surface area (Å²) in [6.07, 6.45) is 0.456. The molecule has 0 aromatic heterocycles. The van der Waals surface area contributed by atoms with Gasteiger partial charge in [0.25, 0.3) is 0 Å². The van der Waals surface area contributed by atoms with Crippen molar-refractivity contribution in [1.29, 1.82) is 0 Å². The van der Waals surface area contributed by atoms with Crippen molar-refractivity contribution in [2.75, 3.05) is 6.61 Å². The second-order valence-electron chi connectivity index (χ2n) is 2.75. The lowest BCUT2D eigenvalue weighted by molar-refractivity contribution is 0.135. The highest BCUT2D eigenvalue weighted by atomic mass is 16.5. The number of carbonyl (C=O) groups is 1. The average Bonchev–Trinajstić information content (AvgIpc) is 1.97. The zero-order valence-electron chi connectivity index (χ0n) is 7.39. The summed E-state index contributed by atoms with van der Waals surface area (Å²) in [5.74, 6) is 0.391. The first-order valence-electron chi connectivity index (χ1n) is 3.91. The van der Waals surface area contributed by atoms with Gasteiger partial charge in [0.05, 0.1) is 13.2 Å². The van der Waals surface area contributed by atoms with Gasteiger partial charge in [0.1, 0.15) is 0 Å². The monoisotopic (exact) mass is 158 g/mol. The van der Waals surface area contributed by atoms with Gasteiger partial charge >= 0.3 is 6.09 Å². The Balaban J connectivity index is 3.23. The van der Waals surface area contributed by atoms with Crippen LogP contribution in [0.3, 0.4) is 0 Å². The maximum Gasteiger partial charge on any atom is 0.407 e. The third kappa shape index (κ3) is 7.16. The lowest BCUT2D eigenvalue weighted by Gasteiger charge is -2.06. The summed E-state index contributed by atoms with van der Waals surface area (Å²) >= 11 is 0. The van der Waals surface area contributed by atoms with E-state index in [1.165, 1.54) is 0 Å². The average molecular weight is 158 g/mol. The van der Waals surface area contributed by atoms with Crippen molar-refractivity contribution in [2.45, 2.75) is 27.2 Å². The highest BCUT2D eigenvalue weighted by Crippen LogP contribution is 1.92. The van der Waals surface area contributed by atoms with E-state index in [1.54, 1.807) is 6.54 Å². The molecule has 0 aromatic rings. The lowest BCUT2D eigenvalue weighted by atomic mass is 10.2. The number of rotatable bonds is 4. The van der Waals surface area contributed by atoms with Gasteiger partial charge in [0, 0.05) is 0 Å². The Morgan fingerprint density at radius 3 is 2.73 bits per heavy atom. The van der Waals surface area contributed by atoms with Gasteiger partial charge in [0.2, 0.25) is 0 Å². The summed E-state index contributed by atoms with van der Waals surface area (Å²) in [6, 6.07) is 0. The first-order valence-corrected chi connectivity index (χ1v) is 3.91. The molecule has 0 heterocycles. The van der Waals surface area contributed by atoms with Crippen LogP contribution >= 0.6 is 0 Å². The van der Waals surface area contributed by atoms with Gasteiger partial charge in [0.15, 0.2) is 0 Å². The lowest BCUT2D eigenvalue weighted by Crippen LogP contribution is -2.23. The van der Waals surface area contributed by atoms with E-state index in [1.807, 2.05) is 20.8 Å². The van der Waals surface area contributed by atoms with Crippen molar-refractivity contribution in [1.82, 2.24) is 5.32 Å². The zero-order chi connectivity index (χ0) is 8.69.